The monoisotopic (exact) mass is 330 g/mol. The van der Waals surface area contributed by atoms with Gasteiger partial charge in [-0.2, -0.15) is 0 Å². The van der Waals surface area contributed by atoms with Gasteiger partial charge in [0.25, 0.3) is 0 Å². The van der Waals surface area contributed by atoms with Crippen molar-refractivity contribution in [2.24, 2.45) is 0 Å². The minimum atomic E-state index is -4.70. The number of halogens is 3. The molecule has 0 saturated carbocycles. The van der Waals surface area contributed by atoms with Crippen LogP contribution in [-0.2, 0) is 0 Å². The number of aromatic nitrogens is 2. The van der Waals surface area contributed by atoms with Crippen LogP contribution in [0.5, 0.6) is 5.75 Å². The Balaban J connectivity index is 2.07. The summed E-state index contributed by atoms with van der Waals surface area (Å²) in [7, 11) is 0. The van der Waals surface area contributed by atoms with Gasteiger partial charge in [0.15, 0.2) is 5.16 Å². The van der Waals surface area contributed by atoms with Crippen molar-refractivity contribution in [1.82, 2.24) is 9.97 Å². The number of ether oxygens (including phenoxy) is 1. The Hall–Kier alpha value is -2.16. The molecule has 2 rings (SSSR count). The first-order chi connectivity index (χ1) is 10.2. The molecular weight excluding hydrogens is 317 g/mol. The van der Waals surface area contributed by atoms with Gasteiger partial charge in [-0.1, -0.05) is 23.9 Å². The summed E-state index contributed by atoms with van der Waals surface area (Å²) in [4.78, 5) is 8.08. The van der Waals surface area contributed by atoms with Crippen molar-refractivity contribution in [2.75, 3.05) is 11.5 Å². The molecule has 2 aromatic rings. The van der Waals surface area contributed by atoms with Crippen molar-refractivity contribution >= 4 is 23.4 Å². The number of nitrogens with two attached hydrogens (primary N) is 2. The van der Waals surface area contributed by atoms with Gasteiger partial charge in [-0.05, 0) is 24.6 Å². The second-order valence-electron chi connectivity index (χ2n) is 4.38. The van der Waals surface area contributed by atoms with E-state index in [4.69, 9.17) is 11.5 Å². The first-order valence-corrected chi connectivity index (χ1v) is 7.03. The Labute approximate surface area is 128 Å². The lowest BCUT2D eigenvalue weighted by atomic mass is 10.2. The number of anilines is 2. The van der Waals surface area contributed by atoms with Gasteiger partial charge < -0.3 is 16.2 Å². The molecule has 1 aromatic heterocycles. The Morgan fingerprint density at radius 1 is 1.09 bits per heavy atom. The molecule has 9 heteroatoms. The van der Waals surface area contributed by atoms with Crippen LogP contribution in [0.25, 0.3) is 0 Å². The summed E-state index contributed by atoms with van der Waals surface area (Å²) >= 11 is 1.30. The molecule has 22 heavy (non-hydrogen) atoms. The van der Waals surface area contributed by atoms with Gasteiger partial charge in [-0.25, -0.2) is 9.97 Å². The quantitative estimate of drug-likeness (QED) is 0.660. The van der Waals surface area contributed by atoms with Crippen LogP contribution in [0.1, 0.15) is 17.7 Å². The number of thioether (sulfide) groups is 1. The van der Waals surface area contributed by atoms with Crippen molar-refractivity contribution in [1.29, 1.82) is 0 Å². The second kappa shape index (κ2) is 6.30. The molecule has 4 N–H and O–H groups in total. The number of nitrogens with zero attached hydrogens (tertiary/aromatic N) is 2. The highest BCUT2D eigenvalue weighted by atomic mass is 32.2. The Morgan fingerprint density at radius 2 is 1.64 bits per heavy atom. The Bertz CT molecular complexity index is 628. The van der Waals surface area contributed by atoms with E-state index < -0.39 is 6.36 Å². The van der Waals surface area contributed by atoms with Crippen LogP contribution in [-0.4, -0.2) is 16.3 Å². The van der Waals surface area contributed by atoms with Crippen molar-refractivity contribution in [3.8, 4) is 5.75 Å². The number of hydrogen-bond donors (Lipinski definition) is 2. The van der Waals surface area contributed by atoms with Gasteiger partial charge in [-0.3, -0.25) is 0 Å². The highest BCUT2D eigenvalue weighted by molar-refractivity contribution is 7.99. The molecule has 0 saturated heterocycles. The van der Waals surface area contributed by atoms with Crippen LogP contribution < -0.4 is 16.2 Å². The first kappa shape index (κ1) is 16.2. The number of rotatable bonds is 4. The van der Waals surface area contributed by atoms with Crippen LogP contribution in [0.3, 0.4) is 0 Å². The van der Waals surface area contributed by atoms with Crippen LogP contribution in [0.2, 0.25) is 0 Å². The number of nitrogen functional groups attached to an aromatic ring is 2. The standard InChI is InChI=1S/C13H13F3N4OS/c1-7(22-12-19-10(17)6-11(18)20-12)8-2-4-9(5-3-8)21-13(14,15)16/h2-7H,1H3,(H4,17,18,19,20)/t7-/m0/s1. The fraction of sp³-hybridized carbons (Fsp3) is 0.231. The number of hydrogen-bond acceptors (Lipinski definition) is 6. The van der Waals surface area contributed by atoms with E-state index in [-0.39, 0.29) is 22.6 Å². The topological polar surface area (TPSA) is 87.0 Å². The van der Waals surface area contributed by atoms with Gasteiger partial charge in [0.2, 0.25) is 0 Å². The lowest BCUT2D eigenvalue weighted by molar-refractivity contribution is -0.274. The Kier molecular flexibility index (Phi) is 4.65. The fourth-order valence-electron chi connectivity index (χ4n) is 1.68. The SMILES string of the molecule is C[C@H](Sc1nc(N)cc(N)n1)c1ccc(OC(F)(F)F)cc1. The zero-order valence-electron chi connectivity index (χ0n) is 11.5. The molecule has 0 unspecified atom stereocenters. The van der Waals surface area contributed by atoms with Crippen molar-refractivity contribution in [3.63, 3.8) is 0 Å². The molecule has 118 valence electrons. The highest BCUT2D eigenvalue weighted by Gasteiger charge is 2.31. The first-order valence-electron chi connectivity index (χ1n) is 6.15. The minimum absolute atomic E-state index is 0.0962. The third-order valence-corrected chi connectivity index (χ3v) is 3.63. The van der Waals surface area contributed by atoms with E-state index in [2.05, 4.69) is 14.7 Å². The van der Waals surface area contributed by atoms with E-state index in [0.29, 0.717) is 5.16 Å². The summed E-state index contributed by atoms with van der Waals surface area (Å²) in [6.07, 6.45) is -4.70. The molecular formula is C13H13F3N4OS. The Morgan fingerprint density at radius 3 is 2.14 bits per heavy atom. The summed E-state index contributed by atoms with van der Waals surface area (Å²) in [6, 6.07) is 7.06. The number of benzene rings is 1. The third-order valence-electron chi connectivity index (χ3n) is 2.61. The largest absolute Gasteiger partial charge is 0.573 e. The molecule has 0 radical (unpaired) electrons. The van der Waals surface area contributed by atoms with Gasteiger partial charge in [-0.15, -0.1) is 13.2 Å². The fourth-order valence-corrected chi connectivity index (χ4v) is 2.61. The smallest absolute Gasteiger partial charge is 0.406 e. The molecule has 0 aliphatic heterocycles. The van der Waals surface area contributed by atoms with Gasteiger partial charge in [0.1, 0.15) is 17.4 Å². The van der Waals surface area contributed by atoms with E-state index in [1.165, 1.54) is 30.0 Å². The number of alkyl halides is 3. The van der Waals surface area contributed by atoms with Gasteiger partial charge in [0.05, 0.1) is 0 Å². The van der Waals surface area contributed by atoms with E-state index in [1.807, 2.05) is 6.92 Å². The molecule has 0 bridgehead atoms. The average molecular weight is 330 g/mol. The van der Waals surface area contributed by atoms with Crippen LogP contribution in [0, 0.1) is 0 Å². The lowest BCUT2D eigenvalue weighted by Gasteiger charge is -2.13. The van der Waals surface area contributed by atoms with E-state index in [1.54, 1.807) is 12.1 Å². The molecule has 0 amide bonds. The maximum atomic E-state index is 12.1. The second-order valence-corrected chi connectivity index (χ2v) is 5.69. The summed E-state index contributed by atoms with van der Waals surface area (Å²) in [5, 5.41) is 0.307. The van der Waals surface area contributed by atoms with Gasteiger partial charge >= 0.3 is 6.36 Å². The molecule has 0 aliphatic rings. The van der Waals surface area contributed by atoms with Gasteiger partial charge in [0, 0.05) is 11.3 Å². The average Bonchev–Trinajstić information content (AvgIpc) is 2.36. The summed E-state index contributed by atoms with van der Waals surface area (Å²) in [6.45, 7) is 1.87. The zero-order valence-corrected chi connectivity index (χ0v) is 12.3. The predicted octanol–water partition coefficient (Wildman–Crippen LogP) is 3.39. The molecule has 0 spiro atoms. The highest BCUT2D eigenvalue weighted by Crippen LogP contribution is 2.34. The van der Waals surface area contributed by atoms with Crippen LogP contribution in [0.15, 0.2) is 35.5 Å². The van der Waals surface area contributed by atoms with E-state index >= 15 is 0 Å². The van der Waals surface area contributed by atoms with Crippen LogP contribution >= 0.6 is 11.8 Å². The van der Waals surface area contributed by atoms with Crippen molar-refractivity contribution in [3.05, 3.63) is 35.9 Å². The van der Waals surface area contributed by atoms with Crippen LogP contribution in [0.4, 0.5) is 24.8 Å². The van der Waals surface area contributed by atoms with E-state index in [9.17, 15) is 13.2 Å². The summed E-state index contributed by atoms with van der Waals surface area (Å²) in [5.74, 6) is 0.255. The third kappa shape index (κ3) is 4.69. The normalized spacial score (nSPS) is 12.9. The molecule has 1 heterocycles. The summed E-state index contributed by atoms with van der Waals surface area (Å²) in [5.41, 5.74) is 12.0. The van der Waals surface area contributed by atoms with Crippen molar-refractivity contribution in [2.45, 2.75) is 23.7 Å². The molecule has 1 aromatic carbocycles. The zero-order chi connectivity index (χ0) is 16.3. The molecule has 0 aliphatic carbocycles. The maximum absolute atomic E-state index is 12.1. The van der Waals surface area contributed by atoms with E-state index in [0.717, 1.165) is 5.56 Å². The maximum Gasteiger partial charge on any atom is 0.573 e. The molecule has 1 atom stereocenters. The predicted molar refractivity (Wildman–Crippen MR) is 78.3 cm³/mol. The van der Waals surface area contributed by atoms with Crippen molar-refractivity contribution < 1.29 is 17.9 Å². The molecule has 5 nitrogen and oxygen atoms in total. The molecule has 0 fully saturated rings. The lowest BCUT2D eigenvalue weighted by Crippen LogP contribution is -2.17. The minimum Gasteiger partial charge on any atom is -0.406 e. The summed E-state index contributed by atoms with van der Waals surface area (Å²) < 4.78 is 40.1.